The second-order valence-electron chi connectivity index (χ2n) is 13.6. The van der Waals surface area contributed by atoms with E-state index in [9.17, 15) is 0 Å². The molecule has 0 saturated carbocycles. The van der Waals surface area contributed by atoms with Gasteiger partial charge in [-0.3, -0.25) is 4.57 Å². The molecule has 54 heavy (non-hydrogen) atoms. The second kappa shape index (κ2) is 12.1. The van der Waals surface area contributed by atoms with Crippen molar-refractivity contribution in [2.75, 3.05) is 0 Å². The molecule has 0 amide bonds. The van der Waals surface area contributed by atoms with Gasteiger partial charge in [0, 0.05) is 38.4 Å². The lowest BCUT2D eigenvalue weighted by Crippen LogP contribution is -2.07. The number of nitrogens with zero attached hydrogens (tertiary/aromatic N) is 5. The van der Waals surface area contributed by atoms with Crippen molar-refractivity contribution < 1.29 is 0 Å². The third kappa shape index (κ3) is 4.69. The molecule has 0 saturated heterocycles. The van der Waals surface area contributed by atoms with E-state index >= 15 is 0 Å². The van der Waals surface area contributed by atoms with Crippen LogP contribution in [0.3, 0.4) is 0 Å². The molecule has 0 spiro atoms. The largest absolute Gasteiger partial charge is 0.309 e. The summed E-state index contributed by atoms with van der Waals surface area (Å²) < 4.78 is 4.60. The number of hydrogen-bond donors (Lipinski definition) is 0. The van der Waals surface area contributed by atoms with Crippen molar-refractivity contribution in [3.8, 4) is 45.5 Å². The van der Waals surface area contributed by atoms with E-state index in [0.29, 0.717) is 17.6 Å². The highest BCUT2D eigenvalue weighted by molar-refractivity contribution is 6.21. The lowest BCUT2D eigenvalue weighted by molar-refractivity contribution is 0.953. The van der Waals surface area contributed by atoms with Crippen LogP contribution >= 0.6 is 0 Å². The standard InChI is InChI=1S/C49H31N5/c1-3-15-32(16-4-1)36-20-9-10-24-40(36)48-50-47(34-18-5-2-6-19-34)51-49(52-48)54-44-30-28-35(31-41(44)46-37-21-8-7-17-33(37)27-29-45(46)54)53-42-25-13-11-22-38(42)39-23-12-14-26-43(39)53/h1-31H. The molecule has 0 atom stereocenters. The molecule has 0 aliphatic carbocycles. The molecule has 11 aromatic rings. The number of para-hydroxylation sites is 2. The predicted molar refractivity (Wildman–Crippen MR) is 222 cm³/mol. The minimum atomic E-state index is 0.571. The van der Waals surface area contributed by atoms with E-state index in [4.69, 9.17) is 15.0 Å². The Bertz CT molecular complexity index is 3160. The van der Waals surface area contributed by atoms with E-state index in [1.54, 1.807) is 0 Å². The quantitative estimate of drug-likeness (QED) is 0.181. The summed E-state index contributed by atoms with van der Waals surface area (Å²) in [7, 11) is 0. The van der Waals surface area contributed by atoms with Gasteiger partial charge in [-0.25, -0.2) is 4.98 Å². The molecular formula is C49H31N5. The molecule has 3 aromatic heterocycles. The molecule has 0 fully saturated rings. The van der Waals surface area contributed by atoms with Gasteiger partial charge in [0.1, 0.15) is 0 Å². The Morgan fingerprint density at radius 3 is 1.63 bits per heavy atom. The topological polar surface area (TPSA) is 48.5 Å². The fourth-order valence-electron chi connectivity index (χ4n) is 8.18. The summed E-state index contributed by atoms with van der Waals surface area (Å²) in [5, 5.41) is 7.15. The number of benzene rings is 8. The zero-order chi connectivity index (χ0) is 35.6. The minimum absolute atomic E-state index is 0.571. The SMILES string of the molecule is c1ccc(-c2nc(-c3ccccc3-c3ccccc3)nc(-n3c4ccc(-n5c6ccccc6c6ccccc65)cc4c4c5ccccc5ccc43)n2)cc1. The highest BCUT2D eigenvalue weighted by Gasteiger charge is 2.22. The molecule has 0 aliphatic heterocycles. The van der Waals surface area contributed by atoms with Gasteiger partial charge in [-0.15, -0.1) is 0 Å². The van der Waals surface area contributed by atoms with E-state index in [2.05, 4.69) is 173 Å². The Labute approximate surface area is 311 Å². The van der Waals surface area contributed by atoms with Crippen LogP contribution in [0.4, 0.5) is 0 Å². The minimum Gasteiger partial charge on any atom is -0.309 e. The van der Waals surface area contributed by atoms with Gasteiger partial charge in [0.15, 0.2) is 11.6 Å². The van der Waals surface area contributed by atoms with Crippen LogP contribution < -0.4 is 0 Å². The lowest BCUT2D eigenvalue weighted by atomic mass is 9.99. The van der Waals surface area contributed by atoms with Crippen molar-refractivity contribution in [1.82, 2.24) is 24.1 Å². The third-order valence-electron chi connectivity index (χ3n) is 10.6. The van der Waals surface area contributed by atoms with E-state index in [1.807, 2.05) is 24.3 Å². The summed E-state index contributed by atoms with van der Waals surface area (Å²) in [6.07, 6.45) is 0. The molecule has 252 valence electrons. The van der Waals surface area contributed by atoms with Crippen LogP contribution in [0.1, 0.15) is 0 Å². The number of hydrogen-bond acceptors (Lipinski definition) is 3. The molecule has 0 bridgehead atoms. The van der Waals surface area contributed by atoms with Crippen LogP contribution in [-0.2, 0) is 0 Å². The van der Waals surface area contributed by atoms with Crippen molar-refractivity contribution in [2.45, 2.75) is 0 Å². The average molecular weight is 690 g/mol. The highest BCUT2D eigenvalue weighted by Crippen LogP contribution is 2.40. The molecule has 0 N–H and O–H groups in total. The van der Waals surface area contributed by atoms with E-state index < -0.39 is 0 Å². The zero-order valence-corrected chi connectivity index (χ0v) is 29.1. The van der Waals surface area contributed by atoms with Crippen molar-refractivity contribution in [2.24, 2.45) is 0 Å². The molecule has 0 radical (unpaired) electrons. The van der Waals surface area contributed by atoms with Gasteiger partial charge in [-0.2, -0.15) is 9.97 Å². The van der Waals surface area contributed by atoms with Gasteiger partial charge in [-0.1, -0.05) is 152 Å². The maximum absolute atomic E-state index is 5.33. The number of fused-ring (bicyclic) bond motifs is 8. The van der Waals surface area contributed by atoms with Crippen molar-refractivity contribution in [1.29, 1.82) is 0 Å². The van der Waals surface area contributed by atoms with Crippen molar-refractivity contribution in [3.63, 3.8) is 0 Å². The summed E-state index contributed by atoms with van der Waals surface area (Å²) in [5.74, 6) is 1.81. The molecule has 11 rings (SSSR count). The average Bonchev–Trinajstić information content (AvgIpc) is 3.77. The summed E-state index contributed by atoms with van der Waals surface area (Å²) in [6.45, 7) is 0. The normalized spacial score (nSPS) is 11.7. The maximum Gasteiger partial charge on any atom is 0.238 e. The van der Waals surface area contributed by atoms with Crippen molar-refractivity contribution >= 4 is 54.4 Å². The van der Waals surface area contributed by atoms with Gasteiger partial charge < -0.3 is 4.57 Å². The van der Waals surface area contributed by atoms with Crippen LogP contribution in [0, 0.1) is 0 Å². The Morgan fingerprint density at radius 2 is 0.889 bits per heavy atom. The smallest absolute Gasteiger partial charge is 0.238 e. The molecule has 0 unspecified atom stereocenters. The molecular weight excluding hydrogens is 659 g/mol. The van der Waals surface area contributed by atoms with Gasteiger partial charge >= 0.3 is 0 Å². The maximum atomic E-state index is 5.33. The zero-order valence-electron chi connectivity index (χ0n) is 29.1. The first kappa shape index (κ1) is 30.3. The van der Waals surface area contributed by atoms with Crippen LogP contribution in [-0.4, -0.2) is 24.1 Å². The van der Waals surface area contributed by atoms with Gasteiger partial charge in [-0.05, 0) is 58.3 Å². The molecule has 5 heteroatoms. The lowest BCUT2D eigenvalue weighted by Gasteiger charge is -2.13. The summed E-state index contributed by atoms with van der Waals surface area (Å²) in [6, 6.07) is 66.1. The van der Waals surface area contributed by atoms with Gasteiger partial charge in [0.25, 0.3) is 0 Å². The molecule has 5 nitrogen and oxygen atoms in total. The summed E-state index contributed by atoms with van der Waals surface area (Å²) in [4.78, 5) is 15.7. The van der Waals surface area contributed by atoms with Crippen LogP contribution in [0.25, 0.3) is 99.9 Å². The first-order valence-electron chi connectivity index (χ1n) is 18.2. The van der Waals surface area contributed by atoms with Gasteiger partial charge in [0.05, 0.1) is 22.1 Å². The summed E-state index contributed by atoms with van der Waals surface area (Å²) >= 11 is 0. The Kier molecular flexibility index (Phi) is 6.79. The van der Waals surface area contributed by atoms with E-state index in [0.717, 1.165) is 44.4 Å². The predicted octanol–water partition coefficient (Wildman–Crippen LogP) is 12.2. The van der Waals surface area contributed by atoms with Crippen LogP contribution in [0.15, 0.2) is 188 Å². The summed E-state index contributed by atoms with van der Waals surface area (Å²) in [5.41, 5.74) is 9.58. The second-order valence-corrected chi connectivity index (χ2v) is 13.6. The monoisotopic (exact) mass is 689 g/mol. The van der Waals surface area contributed by atoms with E-state index in [1.165, 1.54) is 38.0 Å². The Balaban J connectivity index is 1.22. The van der Waals surface area contributed by atoms with Gasteiger partial charge in [0.2, 0.25) is 5.95 Å². The van der Waals surface area contributed by atoms with Crippen LogP contribution in [0.2, 0.25) is 0 Å². The molecule has 0 aliphatic rings. The first-order valence-corrected chi connectivity index (χ1v) is 18.2. The van der Waals surface area contributed by atoms with E-state index in [-0.39, 0.29) is 0 Å². The number of rotatable bonds is 5. The third-order valence-corrected chi connectivity index (χ3v) is 10.6. The van der Waals surface area contributed by atoms with Crippen LogP contribution in [0.5, 0.6) is 0 Å². The molecule has 3 heterocycles. The van der Waals surface area contributed by atoms with Crippen molar-refractivity contribution in [3.05, 3.63) is 188 Å². The Morgan fingerprint density at radius 1 is 0.333 bits per heavy atom. The highest BCUT2D eigenvalue weighted by atomic mass is 15.2. The first-order chi connectivity index (χ1) is 26.8. The fraction of sp³-hybridized carbons (Fsp3) is 0. The fourth-order valence-corrected chi connectivity index (χ4v) is 8.18. The molecule has 8 aromatic carbocycles. The Hall–Kier alpha value is -7.37. The number of aromatic nitrogens is 5.